The highest BCUT2D eigenvalue weighted by molar-refractivity contribution is 6.02. The molecule has 1 aliphatic rings. The Balaban J connectivity index is 0.00000197. The molecule has 0 saturated carbocycles. The monoisotopic (exact) mass is 572 g/mol. The Kier molecular flexibility index (Phi) is 14.8. The van der Waals surface area contributed by atoms with Crippen molar-refractivity contribution in [3.8, 4) is 11.1 Å². The normalized spacial score (nSPS) is 15.6. The Morgan fingerprint density at radius 2 is 1.67 bits per heavy atom. The fraction of sp³-hybridized carbons (Fsp3) is 0.526. The number of hydrogen-bond acceptors (Lipinski definition) is 4. The van der Waals surface area contributed by atoms with Gasteiger partial charge in [-0.1, -0.05) is 89.4 Å². The van der Waals surface area contributed by atoms with Crippen LogP contribution in [0.2, 0.25) is 0 Å². The molecule has 0 fully saturated rings. The molecule has 1 aliphatic carbocycles. The number of Topliss-reactive ketones (excluding diaryl/α,β-unsaturated/α-hetero) is 4. The maximum Gasteiger partial charge on any atom is 0.163 e. The standard InChI is InChI=1S/C35H44O4.C3H8/c1-6-9-11-29(37)20-25-13-15-27(16-14-25)31-17-12-23(4)35-32(31)21-26(22-34(35)39)19-28(10-7-2)30(8-3)33(38)18-24(5)36;1-3-2/h6,12-17,26,28,30H,1,7-11,18-22H2,2-5H3;3H2,1-2H3. The largest absolute Gasteiger partial charge is 0.300 e. The van der Waals surface area contributed by atoms with E-state index in [4.69, 9.17) is 0 Å². The van der Waals surface area contributed by atoms with E-state index in [9.17, 15) is 19.2 Å². The molecule has 0 radical (unpaired) electrons. The average Bonchev–Trinajstić information content (AvgIpc) is 2.93. The lowest BCUT2D eigenvalue weighted by Gasteiger charge is -2.32. The fourth-order valence-corrected chi connectivity index (χ4v) is 6.39. The summed E-state index contributed by atoms with van der Waals surface area (Å²) in [5.41, 5.74) is 6.07. The Hall–Kier alpha value is -3.14. The van der Waals surface area contributed by atoms with Gasteiger partial charge < -0.3 is 0 Å². The molecule has 0 bridgehead atoms. The molecule has 0 heterocycles. The maximum atomic E-state index is 13.5. The van der Waals surface area contributed by atoms with Crippen LogP contribution in [-0.2, 0) is 27.2 Å². The van der Waals surface area contributed by atoms with Crippen molar-refractivity contribution >= 4 is 23.1 Å². The Bertz CT molecular complexity index is 1220. The molecule has 0 spiro atoms. The highest BCUT2D eigenvalue weighted by Crippen LogP contribution is 2.40. The average molecular weight is 573 g/mol. The van der Waals surface area contributed by atoms with Gasteiger partial charge in [-0.25, -0.2) is 0 Å². The Morgan fingerprint density at radius 3 is 2.24 bits per heavy atom. The minimum Gasteiger partial charge on any atom is -0.300 e. The van der Waals surface area contributed by atoms with Crippen molar-refractivity contribution in [3.05, 3.63) is 71.3 Å². The summed E-state index contributed by atoms with van der Waals surface area (Å²) < 4.78 is 0. The minimum atomic E-state index is -0.135. The van der Waals surface area contributed by atoms with Crippen molar-refractivity contribution in [3.63, 3.8) is 0 Å². The van der Waals surface area contributed by atoms with Gasteiger partial charge in [-0.3, -0.25) is 19.2 Å². The van der Waals surface area contributed by atoms with Gasteiger partial charge in [-0.2, -0.15) is 0 Å². The summed E-state index contributed by atoms with van der Waals surface area (Å²) in [4.78, 5) is 50.2. The molecule has 0 amide bonds. The van der Waals surface area contributed by atoms with Crippen molar-refractivity contribution in [2.24, 2.45) is 17.8 Å². The molecule has 228 valence electrons. The lowest BCUT2D eigenvalue weighted by Crippen LogP contribution is -2.30. The molecule has 0 aromatic heterocycles. The molecule has 3 unspecified atom stereocenters. The number of aryl methyl sites for hydroxylation is 1. The highest BCUT2D eigenvalue weighted by atomic mass is 16.1. The van der Waals surface area contributed by atoms with Crippen LogP contribution in [0.15, 0.2) is 49.1 Å². The Morgan fingerprint density at radius 1 is 1.00 bits per heavy atom. The predicted octanol–water partition coefficient (Wildman–Crippen LogP) is 9.28. The summed E-state index contributed by atoms with van der Waals surface area (Å²) in [5.74, 6) is 0.568. The molecule has 4 heteroatoms. The van der Waals surface area contributed by atoms with Crippen LogP contribution in [-0.4, -0.2) is 23.1 Å². The van der Waals surface area contributed by atoms with Crippen molar-refractivity contribution in [2.45, 2.75) is 112 Å². The van der Waals surface area contributed by atoms with Gasteiger partial charge in [0.05, 0.1) is 6.42 Å². The zero-order valence-corrected chi connectivity index (χ0v) is 26.9. The Labute approximate surface area is 254 Å². The minimum absolute atomic E-state index is 0.00431. The molecule has 2 aromatic rings. The van der Waals surface area contributed by atoms with Crippen LogP contribution in [0.1, 0.15) is 119 Å². The third-order valence-corrected chi connectivity index (χ3v) is 8.20. The lowest BCUT2D eigenvalue weighted by atomic mass is 9.71. The summed E-state index contributed by atoms with van der Waals surface area (Å²) >= 11 is 0. The molecule has 0 N–H and O–H groups in total. The van der Waals surface area contributed by atoms with E-state index in [1.54, 1.807) is 6.08 Å². The van der Waals surface area contributed by atoms with Crippen molar-refractivity contribution < 1.29 is 19.2 Å². The molecule has 0 aliphatic heterocycles. The van der Waals surface area contributed by atoms with Crippen molar-refractivity contribution in [1.29, 1.82) is 0 Å². The highest BCUT2D eigenvalue weighted by Gasteiger charge is 2.34. The number of benzene rings is 2. The number of allylic oxidation sites excluding steroid dienone is 1. The molecular formula is C38H52O4. The van der Waals surface area contributed by atoms with Crippen molar-refractivity contribution in [1.82, 2.24) is 0 Å². The number of fused-ring (bicyclic) bond motifs is 1. The van der Waals surface area contributed by atoms with E-state index in [1.165, 1.54) is 13.3 Å². The molecule has 3 atom stereocenters. The van der Waals surface area contributed by atoms with Gasteiger partial charge in [0.25, 0.3) is 0 Å². The van der Waals surface area contributed by atoms with Crippen LogP contribution >= 0.6 is 0 Å². The zero-order valence-electron chi connectivity index (χ0n) is 26.9. The van der Waals surface area contributed by atoms with Gasteiger partial charge in [-0.05, 0) is 79.2 Å². The summed E-state index contributed by atoms with van der Waals surface area (Å²) in [6.45, 7) is 15.6. The van der Waals surface area contributed by atoms with E-state index in [0.29, 0.717) is 25.7 Å². The summed E-state index contributed by atoms with van der Waals surface area (Å²) in [5, 5.41) is 0. The number of rotatable bonds is 15. The zero-order chi connectivity index (χ0) is 31.2. The first-order valence-corrected chi connectivity index (χ1v) is 16.0. The molecular weight excluding hydrogens is 520 g/mol. The fourth-order valence-electron chi connectivity index (χ4n) is 6.39. The maximum absolute atomic E-state index is 13.5. The molecule has 4 nitrogen and oxygen atoms in total. The summed E-state index contributed by atoms with van der Waals surface area (Å²) in [6, 6.07) is 12.3. The first kappa shape index (κ1) is 35.1. The summed E-state index contributed by atoms with van der Waals surface area (Å²) in [7, 11) is 0. The molecule has 3 rings (SSSR count). The second-order valence-corrected chi connectivity index (χ2v) is 12.1. The van der Waals surface area contributed by atoms with Crippen molar-refractivity contribution in [2.75, 3.05) is 0 Å². The van der Waals surface area contributed by atoms with Gasteiger partial charge in [0.2, 0.25) is 0 Å². The SMILES string of the molecule is C=CCCC(=O)Cc1ccc(-c2ccc(C)c3c2CC(CC(CCC)C(CC)C(=O)CC(C)=O)CC3=O)cc1.CCC. The second kappa shape index (κ2) is 17.7. The smallest absolute Gasteiger partial charge is 0.163 e. The molecule has 2 aromatic carbocycles. The number of carbonyl (C=O) groups excluding carboxylic acids is 4. The predicted molar refractivity (Wildman–Crippen MR) is 174 cm³/mol. The van der Waals surface area contributed by atoms with Gasteiger partial charge in [0, 0.05) is 30.7 Å². The number of ketones is 4. The van der Waals surface area contributed by atoms with E-state index in [2.05, 4.69) is 45.5 Å². The van der Waals surface area contributed by atoms with Gasteiger partial charge in [0.1, 0.15) is 17.3 Å². The van der Waals surface area contributed by atoms with Crippen LogP contribution in [0.4, 0.5) is 0 Å². The third-order valence-electron chi connectivity index (χ3n) is 8.20. The van der Waals surface area contributed by atoms with Crippen LogP contribution in [0, 0.1) is 24.7 Å². The quantitative estimate of drug-likeness (QED) is 0.158. The van der Waals surface area contributed by atoms with E-state index in [0.717, 1.165) is 65.5 Å². The van der Waals surface area contributed by atoms with Crippen LogP contribution in [0.5, 0.6) is 0 Å². The number of hydrogen-bond donors (Lipinski definition) is 0. The molecule has 42 heavy (non-hydrogen) atoms. The summed E-state index contributed by atoms with van der Waals surface area (Å²) in [6.07, 6.45) is 9.39. The second-order valence-electron chi connectivity index (χ2n) is 12.1. The first-order chi connectivity index (χ1) is 20.1. The van der Waals surface area contributed by atoms with E-state index in [1.807, 2.05) is 32.0 Å². The van der Waals surface area contributed by atoms with E-state index >= 15 is 0 Å². The van der Waals surface area contributed by atoms with Crippen LogP contribution in [0.3, 0.4) is 0 Å². The first-order valence-electron chi connectivity index (χ1n) is 16.0. The van der Waals surface area contributed by atoms with Crippen LogP contribution < -0.4 is 0 Å². The number of carbonyl (C=O) groups is 4. The topological polar surface area (TPSA) is 68.3 Å². The van der Waals surface area contributed by atoms with Gasteiger partial charge in [-0.15, -0.1) is 6.58 Å². The third kappa shape index (κ3) is 10.00. The van der Waals surface area contributed by atoms with E-state index < -0.39 is 0 Å². The van der Waals surface area contributed by atoms with Gasteiger partial charge >= 0.3 is 0 Å². The molecule has 0 saturated heterocycles. The van der Waals surface area contributed by atoms with E-state index in [-0.39, 0.29) is 47.3 Å². The lowest BCUT2D eigenvalue weighted by molar-refractivity contribution is -0.130. The van der Waals surface area contributed by atoms with Crippen LogP contribution in [0.25, 0.3) is 11.1 Å². The van der Waals surface area contributed by atoms with Gasteiger partial charge in [0.15, 0.2) is 5.78 Å².